The Morgan fingerprint density at radius 1 is 1.24 bits per heavy atom. The van der Waals surface area contributed by atoms with Crippen LogP contribution in [-0.4, -0.2) is 29.8 Å². The van der Waals surface area contributed by atoms with Gasteiger partial charge in [0.15, 0.2) is 0 Å². The van der Waals surface area contributed by atoms with Gasteiger partial charge in [-0.1, -0.05) is 30.3 Å². The van der Waals surface area contributed by atoms with E-state index >= 15 is 0 Å². The highest BCUT2D eigenvalue weighted by Gasteiger charge is 2.14. The summed E-state index contributed by atoms with van der Waals surface area (Å²) in [6.07, 6.45) is 1.21. The minimum Gasteiger partial charge on any atom is -0.480 e. The molecule has 0 aliphatic carbocycles. The van der Waals surface area contributed by atoms with Gasteiger partial charge < -0.3 is 15.2 Å². The molecule has 7 heteroatoms. The van der Waals surface area contributed by atoms with Crippen molar-refractivity contribution in [1.82, 2.24) is 10.2 Å². The Morgan fingerprint density at radius 2 is 1.95 bits per heavy atom. The third kappa shape index (κ3) is 7.53. The minimum absolute atomic E-state index is 0.226. The molecule has 0 aromatic heterocycles. The number of aliphatic carboxylic acids is 1. The molecule has 116 valence electrons. The highest BCUT2D eigenvalue weighted by Crippen LogP contribution is 2.03. The van der Waals surface area contributed by atoms with Crippen molar-refractivity contribution in [3.63, 3.8) is 0 Å². The molecule has 0 heterocycles. The number of halogens is 1. The molecule has 3 N–H and O–H groups in total. The Kier molecular flexibility index (Phi) is 8.23. The first kappa shape index (κ1) is 17.3. The van der Waals surface area contributed by atoms with Crippen LogP contribution in [0.5, 0.6) is 0 Å². The van der Waals surface area contributed by atoms with Crippen molar-refractivity contribution in [3.05, 3.63) is 35.9 Å². The molecule has 1 rings (SSSR count). The van der Waals surface area contributed by atoms with Crippen LogP contribution in [0.25, 0.3) is 0 Å². The van der Waals surface area contributed by atoms with Crippen LogP contribution in [0.2, 0.25) is 0 Å². The van der Waals surface area contributed by atoms with E-state index in [-0.39, 0.29) is 6.61 Å². The van der Waals surface area contributed by atoms with Gasteiger partial charge in [0.05, 0.1) is 0 Å². The van der Waals surface area contributed by atoms with Gasteiger partial charge >= 0.3 is 12.1 Å². The molecule has 0 bridgehead atoms. The normalized spacial score (nSPS) is 11.7. The largest absolute Gasteiger partial charge is 0.480 e. The summed E-state index contributed by atoms with van der Waals surface area (Å²) in [4.78, 5) is 24.3. The maximum atomic E-state index is 11.4. The van der Waals surface area contributed by atoms with Crippen molar-refractivity contribution >= 4 is 23.8 Å². The van der Waals surface area contributed by atoms with Gasteiger partial charge in [0, 0.05) is 6.54 Å². The molecule has 0 saturated carbocycles. The van der Waals surface area contributed by atoms with Crippen LogP contribution in [0, 0.1) is 0 Å². The number of hydrogen-bond acceptors (Lipinski definition) is 4. The number of ether oxygens (including phenoxy) is 1. The molecular weight excluding hydrogens is 296 g/mol. The van der Waals surface area contributed by atoms with Gasteiger partial charge in [0.2, 0.25) is 0 Å². The van der Waals surface area contributed by atoms with Crippen LogP contribution in [0.15, 0.2) is 30.3 Å². The van der Waals surface area contributed by atoms with E-state index in [1.165, 1.54) is 0 Å². The number of hydrogen-bond donors (Lipinski definition) is 3. The van der Waals surface area contributed by atoms with Gasteiger partial charge in [-0.15, -0.1) is 0 Å². The molecule has 21 heavy (non-hydrogen) atoms. The van der Waals surface area contributed by atoms with E-state index < -0.39 is 18.1 Å². The molecule has 6 nitrogen and oxygen atoms in total. The van der Waals surface area contributed by atoms with Crippen molar-refractivity contribution in [1.29, 1.82) is 0 Å². The summed E-state index contributed by atoms with van der Waals surface area (Å²) in [5.74, 6) is -0.986. The summed E-state index contributed by atoms with van der Waals surface area (Å²) in [7, 11) is 0. The van der Waals surface area contributed by atoms with Crippen molar-refractivity contribution in [2.45, 2.75) is 31.9 Å². The first-order valence-electron chi connectivity index (χ1n) is 6.67. The number of unbranched alkanes of at least 4 members (excludes halogenated alkanes) is 1. The van der Waals surface area contributed by atoms with Gasteiger partial charge in [-0.3, -0.25) is 4.79 Å². The Balaban J connectivity index is 2.07. The van der Waals surface area contributed by atoms with Crippen LogP contribution in [-0.2, 0) is 16.1 Å². The fraction of sp³-hybridized carbons (Fsp3) is 0.429. The lowest BCUT2D eigenvalue weighted by Crippen LogP contribution is -2.31. The van der Waals surface area contributed by atoms with Crippen molar-refractivity contribution < 1.29 is 19.4 Å². The molecule has 0 aliphatic rings. The first-order valence-corrected chi connectivity index (χ1v) is 7.04. The third-order valence-corrected chi connectivity index (χ3v) is 3.09. The average Bonchev–Trinajstić information content (AvgIpc) is 2.49. The summed E-state index contributed by atoms with van der Waals surface area (Å²) in [6.45, 7) is 0.659. The summed E-state index contributed by atoms with van der Waals surface area (Å²) in [5, 5.41) is 11.4. The van der Waals surface area contributed by atoms with E-state index in [1.54, 1.807) is 0 Å². The molecule has 0 aliphatic heterocycles. The molecule has 1 unspecified atom stereocenters. The fourth-order valence-electron chi connectivity index (χ4n) is 1.66. The zero-order valence-electron chi connectivity index (χ0n) is 11.5. The van der Waals surface area contributed by atoms with Gasteiger partial charge in [0.1, 0.15) is 12.6 Å². The summed E-state index contributed by atoms with van der Waals surface area (Å²) >= 11 is 5.30. The van der Waals surface area contributed by atoms with E-state index in [9.17, 15) is 9.59 Å². The number of nitrogens with one attached hydrogen (secondary N) is 2. The monoisotopic (exact) mass is 314 g/mol. The highest BCUT2D eigenvalue weighted by atomic mass is 35.5. The molecule has 0 radical (unpaired) electrons. The molecule has 1 aromatic rings. The Bertz CT molecular complexity index is 442. The smallest absolute Gasteiger partial charge is 0.407 e. The van der Waals surface area contributed by atoms with Crippen LogP contribution in [0.1, 0.15) is 24.8 Å². The van der Waals surface area contributed by atoms with E-state index in [0.717, 1.165) is 5.56 Å². The van der Waals surface area contributed by atoms with Gasteiger partial charge in [0.25, 0.3) is 0 Å². The second-order valence-electron chi connectivity index (χ2n) is 4.48. The minimum atomic E-state index is -0.986. The molecular formula is C14H19ClN2O4. The van der Waals surface area contributed by atoms with E-state index in [2.05, 4.69) is 10.2 Å². The average molecular weight is 315 g/mol. The number of benzene rings is 1. The zero-order chi connectivity index (χ0) is 15.5. The molecule has 1 atom stereocenters. The summed E-state index contributed by atoms with van der Waals surface area (Å²) in [5.41, 5.74) is 0.921. The van der Waals surface area contributed by atoms with E-state index in [0.29, 0.717) is 25.8 Å². The fourth-order valence-corrected chi connectivity index (χ4v) is 1.87. The number of amides is 1. The van der Waals surface area contributed by atoms with Crippen molar-refractivity contribution in [2.75, 3.05) is 6.54 Å². The second kappa shape index (κ2) is 10.0. The lowest BCUT2D eigenvalue weighted by molar-refractivity contribution is -0.139. The second-order valence-corrected chi connectivity index (χ2v) is 4.70. The molecule has 0 fully saturated rings. The number of carboxylic acid groups (broad SMARTS) is 1. The maximum absolute atomic E-state index is 11.4. The number of alkyl carbamates (subject to hydrolysis) is 1. The first-order chi connectivity index (χ1) is 10.1. The Labute approximate surface area is 128 Å². The summed E-state index contributed by atoms with van der Waals surface area (Å²) in [6, 6.07) is 8.62. The van der Waals surface area contributed by atoms with E-state index in [4.69, 9.17) is 21.6 Å². The lowest BCUT2D eigenvalue weighted by Gasteiger charge is -2.10. The maximum Gasteiger partial charge on any atom is 0.407 e. The Hall–Kier alpha value is -1.79. The number of carbonyl (C=O) groups excluding carboxylic acids is 1. The lowest BCUT2D eigenvalue weighted by atomic mass is 10.1. The summed E-state index contributed by atoms with van der Waals surface area (Å²) < 4.78 is 5.04. The zero-order valence-corrected chi connectivity index (χ0v) is 12.3. The number of carboxylic acids is 1. The van der Waals surface area contributed by atoms with Crippen LogP contribution >= 0.6 is 11.8 Å². The van der Waals surface area contributed by atoms with Gasteiger partial charge in [-0.2, -0.15) is 0 Å². The van der Waals surface area contributed by atoms with Crippen molar-refractivity contribution in [2.24, 2.45) is 0 Å². The SMILES string of the molecule is O=C(NCCCCC(NCl)C(=O)O)OCc1ccccc1. The standard InChI is InChI=1S/C14H19ClN2O4/c15-17-12(13(18)19)8-4-5-9-16-14(20)21-10-11-6-2-1-3-7-11/h1-3,6-7,12,17H,4-5,8-10H2,(H,16,20)(H,18,19). The van der Waals surface area contributed by atoms with Crippen LogP contribution < -0.4 is 10.2 Å². The number of carbonyl (C=O) groups is 2. The van der Waals surface area contributed by atoms with Gasteiger partial charge in [-0.25, -0.2) is 9.63 Å². The molecule has 0 spiro atoms. The van der Waals surface area contributed by atoms with Crippen LogP contribution in [0.3, 0.4) is 0 Å². The molecule has 1 amide bonds. The third-order valence-electron chi connectivity index (χ3n) is 2.83. The molecule has 1 aromatic carbocycles. The number of rotatable bonds is 9. The predicted octanol–water partition coefficient (Wildman–Crippen LogP) is 2.28. The molecule has 0 saturated heterocycles. The quantitative estimate of drug-likeness (QED) is 0.481. The topological polar surface area (TPSA) is 87.7 Å². The van der Waals surface area contributed by atoms with Crippen LogP contribution in [0.4, 0.5) is 4.79 Å². The van der Waals surface area contributed by atoms with Gasteiger partial charge in [-0.05, 0) is 36.6 Å². The predicted molar refractivity (Wildman–Crippen MR) is 78.9 cm³/mol. The Morgan fingerprint density at radius 3 is 2.57 bits per heavy atom. The highest BCUT2D eigenvalue weighted by molar-refractivity contribution is 6.14. The van der Waals surface area contributed by atoms with E-state index in [1.807, 2.05) is 30.3 Å². The van der Waals surface area contributed by atoms with Crippen molar-refractivity contribution in [3.8, 4) is 0 Å².